The van der Waals surface area contributed by atoms with Crippen LogP contribution < -0.4 is 16.2 Å². The molecule has 1 amide bonds. The second kappa shape index (κ2) is 8.81. The van der Waals surface area contributed by atoms with E-state index in [4.69, 9.17) is 16.7 Å². The maximum Gasteiger partial charge on any atom is 0.260 e. The highest BCUT2D eigenvalue weighted by Crippen LogP contribution is 2.34. The predicted molar refractivity (Wildman–Crippen MR) is 123 cm³/mol. The van der Waals surface area contributed by atoms with Gasteiger partial charge in [0.2, 0.25) is 0 Å². The minimum Gasteiger partial charge on any atom is -0.396 e. The first-order chi connectivity index (χ1) is 13.3. The molecule has 0 radical (unpaired) electrons. The highest BCUT2D eigenvalue weighted by molar-refractivity contribution is 14.1. The van der Waals surface area contributed by atoms with Gasteiger partial charge >= 0.3 is 0 Å². The topological polar surface area (TPSA) is 83.4 Å². The van der Waals surface area contributed by atoms with Gasteiger partial charge in [-0.3, -0.25) is 14.2 Å². The molecular weight excluding hydrogens is 513 g/mol. The number of nitrogens with zero attached hydrogens (tertiary/aromatic N) is 1. The molecule has 6 nitrogen and oxygen atoms in total. The number of nitrogens with one attached hydrogen (secondary N) is 2. The van der Waals surface area contributed by atoms with Gasteiger partial charge in [0.05, 0.1) is 26.4 Å². The lowest BCUT2D eigenvalue weighted by Gasteiger charge is -2.18. The van der Waals surface area contributed by atoms with Crippen LogP contribution in [-0.4, -0.2) is 28.7 Å². The standard InChI is InChI=1S/C19H19ClIN3O3S/c1-10-9-28-16-14(10)19(27)24(2)17(15(16)18(26)22-6-3-7-25)23-13-5-4-11(21)8-12(13)20/h4-5,8-9,23,25H,3,6-7H2,1-2H3,(H,22,26). The fourth-order valence-corrected chi connectivity index (χ4v) is 4.87. The van der Waals surface area contributed by atoms with Crippen LogP contribution >= 0.6 is 45.5 Å². The van der Waals surface area contributed by atoms with Gasteiger partial charge in [0.25, 0.3) is 11.5 Å². The molecule has 0 atom stereocenters. The van der Waals surface area contributed by atoms with E-state index < -0.39 is 0 Å². The highest BCUT2D eigenvalue weighted by Gasteiger charge is 2.23. The van der Waals surface area contributed by atoms with E-state index >= 15 is 0 Å². The van der Waals surface area contributed by atoms with Crippen molar-refractivity contribution < 1.29 is 9.90 Å². The number of halogens is 2. The van der Waals surface area contributed by atoms with Crippen LogP contribution in [0.25, 0.3) is 10.1 Å². The van der Waals surface area contributed by atoms with Gasteiger partial charge in [0.1, 0.15) is 5.82 Å². The summed E-state index contributed by atoms with van der Waals surface area (Å²) >= 11 is 9.88. The Hall–Kier alpha value is -1.62. The first-order valence-electron chi connectivity index (χ1n) is 8.57. The van der Waals surface area contributed by atoms with Crippen LogP contribution in [0.1, 0.15) is 22.3 Å². The third-order valence-electron chi connectivity index (χ3n) is 4.32. The van der Waals surface area contributed by atoms with Gasteiger partial charge in [-0.25, -0.2) is 0 Å². The number of aliphatic hydroxyl groups is 1. The molecule has 1 aromatic carbocycles. The summed E-state index contributed by atoms with van der Waals surface area (Å²) in [6.07, 6.45) is 0.454. The summed E-state index contributed by atoms with van der Waals surface area (Å²) in [4.78, 5) is 25.9. The molecule has 2 heterocycles. The van der Waals surface area contributed by atoms with Crippen molar-refractivity contribution in [3.05, 3.63) is 53.7 Å². The summed E-state index contributed by atoms with van der Waals surface area (Å²) in [5.74, 6) is 0.0731. The van der Waals surface area contributed by atoms with E-state index in [1.807, 2.05) is 24.4 Å². The van der Waals surface area contributed by atoms with Gasteiger partial charge in [0.15, 0.2) is 0 Å². The maximum atomic E-state index is 13.0. The molecular formula is C19H19ClIN3O3S. The zero-order valence-electron chi connectivity index (χ0n) is 15.3. The van der Waals surface area contributed by atoms with Crippen molar-refractivity contribution in [3.8, 4) is 0 Å². The van der Waals surface area contributed by atoms with Crippen LogP contribution in [0.5, 0.6) is 0 Å². The van der Waals surface area contributed by atoms with Gasteiger partial charge in [-0.05, 0) is 65.1 Å². The second-order valence-electron chi connectivity index (χ2n) is 6.29. The Balaban J connectivity index is 2.19. The van der Waals surface area contributed by atoms with E-state index in [1.54, 1.807) is 13.1 Å². The number of benzene rings is 1. The molecule has 148 valence electrons. The van der Waals surface area contributed by atoms with Crippen molar-refractivity contribution >= 4 is 73.0 Å². The van der Waals surface area contributed by atoms with Crippen LogP contribution in [0.15, 0.2) is 28.4 Å². The maximum absolute atomic E-state index is 13.0. The number of anilines is 2. The monoisotopic (exact) mass is 531 g/mol. The van der Waals surface area contributed by atoms with Crippen molar-refractivity contribution in [1.29, 1.82) is 0 Å². The fourth-order valence-electron chi connectivity index (χ4n) is 2.88. The molecule has 0 saturated heterocycles. The predicted octanol–water partition coefficient (Wildman–Crippen LogP) is 4.02. The van der Waals surface area contributed by atoms with Crippen LogP contribution in [0, 0.1) is 10.5 Å². The number of thiophene rings is 1. The largest absolute Gasteiger partial charge is 0.396 e. The Kier molecular flexibility index (Phi) is 6.64. The number of carbonyl (C=O) groups is 1. The van der Waals surface area contributed by atoms with Crippen molar-refractivity contribution in [2.75, 3.05) is 18.5 Å². The quantitative estimate of drug-likeness (QED) is 0.331. The molecule has 0 aliphatic heterocycles. The van der Waals surface area contributed by atoms with Crippen LogP contribution in [-0.2, 0) is 7.05 Å². The van der Waals surface area contributed by atoms with E-state index in [1.165, 1.54) is 15.9 Å². The lowest BCUT2D eigenvalue weighted by atomic mass is 10.1. The minimum absolute atomic E-state index is 0.00948. The number of rotatable bonds is 6. The normalized spacial score (nSPS) is 11.0. The molecule has 0 unspecified atom stereocenters. The van der Waals surface area contributed by atoms with E-state index in [9.17, 15) is 9.59 Å². The first-order valence-corrected chi connectivity index (χ1v) is 10.9. The molecule has 0 fully saturated rings. The van der Waals surface area contributed by atoms with Gasteiger partial charge in [-0.15, -0.1) is 11.3 Å². The van der Waals surface area contributed by atoms with Gasteiger partial charge < -0.3 is 15.7 Å². The van der Waals surface area contributed by atoms with Gasteiger partial charge in [-0.2, -0.15) is 0 Å². The summed E-state index contributed by atoms with van der Waals surface area (Å²) in [5.41, 5.74) is 1.66. The lowest BCUT2D eigenvalue weighted by Crippen LogP contribution is -2.29. The molecule has 0 aliphatic carbocycles. The lowest BCUT2D eigenvalue weighted by molar-refractivity contribution is 0.0953. The number of hydrogen-bond acceptors (Lipinski definition) is 5. The number of aliphatic hydroxyl groups excluding tert-OH is 1. The number of aryl methyl sites for hydroxylation is 1. The zero-order valence-corrected chi connectivity index (χ0v) is 19.0. The van der Waals surface area contributed by atoms with Crippen LogP contribution in [0.2, 0.25) is 5.02 Å². The molecule has 9 heteroatoms. The molecule has 0 spiro atoms. The molecule has 2 aromatic heterocycles. The molecule has 3 rings (SSSR count). The van der Waals surface area contributed by atoms with E-state index in [0.29, 0.717) is 45.1 Å². The molecule has 3 aromatic rings. The summed E-state index contributed by atoms with van der Waals surface area (Å²) in [6, 6.07) is 5.50. The average molecular weight is 532 g/mol. The first kappa shape index (κ1) is 21.1. The Morgan fingerprint density at radius 2 is 2.14 bits per heavy atom. The summed E-state index contributed by atoms with van der Waals surface area (Å²) < 4.78 is 3.05. The van der Waals surface area contributed by atoms with Gasteiger partial charge in [-0.1, -0.05) is 11.6 Å². The Morgan fingerprint density at radius 1 is 1.39 bits per heavy atom. The van der Waals surface area contributed by atoms with Crippen molar-refractivity contribution in [3.63, 3.8) is 0 Å². The SMILES string of the molecule is Cc1csc2c(C(=O)NCCCO)c(Nc3ccc(I)cc3Cl)n(C)c(=O)c12. The summed E-state index contributed by atoms with van der Waals surface area (Å²) in [7, 11) is 1.63. The minimum atomic E-state index is -0.306. The van der Waals surface area contributed by atoms with Crippen molar-refractivity contribution in [2.24, 2.45) is 7.05 Å². The van der Waals surface area contributed by atoms with E-state index in [0.717, 1.165) is 9.13 Å². The van der Waals surface area contributed by atoms with Crippen LogP contribution in [0.3, 0.4) is 0 Å². The molecule has 0 bridgehead atoms. The number of pyridine rings is 1. The Morgan fingerprint density at radius 3 is 2.82 bits per heavy atom. The molecule has 0 saturated carbocycles. The highest BCUT2D eigenvalue weighted by atomic mass is 127. The second-order valence-corrected chi connectivity index (χ2v) is 8.83. The third-order valence-corrected chi connectivity index (χ3v) is 6.42. The Labute approximate surface area is 184 Å². The number of carbonyl (C=O) groups excluding carboxylic acids is 1. The third kappa shape index (κ3) is 4.05. The number of aromatic nitrogens is 1. The average Bonchev–Trinajstić information content (AvgIpc) is 3.03. The molecule has 0 aliphatic rings. The summed E-state index contributed by atoms with van der Waals surface area (Å²) in [5, 5.41) is 17.9. The number of fused-ring (bicyclic) bond motifs is 1. The van der Waals surface area contributed by atoms with Crippen molar-refractivity contribution in [1.82, 2.24) is 9.88 Å². The fraction of sp³-hybridized carbons (Fsp3) is 0.263. The van der Waals surface area contributed by atoms with E-state index in [2.05, 4.69) is 33.2 Å². The van der Waals surface area contributed by atoms with Gasteiger partial charge in [0, 0.05) is 23.8 Å². The Bertz CT molecular complexity index is 1110. The van der Waals surface area contributed by atoms with E-state index in [-0.39, 0.29) is 18.1 Å². The molecule has 3 N–H and O–H groups in total. The summed E-state index contributed by atoms with van der Waals surface area (Å²) in [6.45, 7) is 2.19. The smallest absolute Gasteiger partial charge is 0.260 e. The number of hydrogen-bond donors (Lipinski definition) is 3. The van der Waals surface area contributed by atoms with Crippen LogP contribution in [0.4, 0.5) is 11.5 Å². The molecule has 28 heavy (non-hydrogen) atoms. The number of amides is 1. The van der Waals surface area contributed by atoms with Crippen molar-refractivity contribution in [2.45, 2.75) is 13.3 Å². The zero-order chi connectivity index (χ0) is 20.4.